The Bertz CT molecular complexity index is 569. The summed E-state index contributed by atoms with van der Waals surface area (Å²) in [5, 5.41) is 9.73. The lowest BCUT2D eigenvalue weighted by Crippen LogP contribution is -2.19. The number of hydrogen-bond donors (Lipinski definition) is 1. The van der Waals surface area contributed by atoms with Gasteiger partial charge in [-0.15, -0.1) is 8.42 Å². The average molecular weight is 272 g/mol. The fourth-order valence-electron chi connectivity index (χ4n) is 1.83. The van der Waals surface area contributed by atoms with E-state index in [0.29, 0.717) is 12.8 Å². The van der Waals surface area contributed by atoms with Crippen LogP contribution in [0.15, 0.2) is 12.1 Å². The number of rotatable bonds is 3. The molecule has 100 valence electrons. The number of aryl methyl sites for hydroxylation is 1. The standard InChI is InChI=1S/C12H16O5S/c1-8-4-5-10-11(17-18(14,15)16-10)9(8)6-7-12(2,3)13/h4-5,13H,6-7H2,1-3H3. The molecule has 0 spiro atoms. The molecule has 5 nitrogen and oxygen atoms in total. The molecule has 18 heavy (non-hydrogen) atoms. The van der Waals surface area contributed by atoms with E-state index in [1.165, 1.54) is 0 Å². The van der Waals surface area contributed by atoms with Crippen molar-refractivity contribution in [1.82, 2.24) is 0 Å². The van der Waals surface area contributed by atoms with Gasteiger partial charge < -0.3 is 13.5 Å². The normalized spacial score (nSPS) is 16.9. The summed E-state index contributed by atoms with van der Waals surface area (Å²) in [6.07, 6.45) is 1.03. The Labute approximate surface area is 107 Å². The predicted octanol–water partition coefficient (Wildman–Crippen LogP) is 1.71. The fourth-order valence-corrected chi connectivity index (χ4v) is 2.60. The predicted molar refractivity (Wildman–Crippen MR) is 66.0 cm³/mol. The van der Waals surface area contributed by atoms with Gasteiger partial charge in [-0.05, 0) is 45.2 Å². The quantitative estimate of drug-likeness (QED) is 0.907. The monoisotopic (exact) mass is 272 g/mol. The summed E-state index contributed by atoms with van der Waals surface area (Å²) in [5.74, 6) is 0.464. The van der Waals surface area contributed by atoms with Gasteiger partial charge in [-0.3, -0.25) is 0 Å². The summed E-state index contributed by atoms with van der Waals surface area (Å²) in [4.78, 5) is 0. The highest BCUT2D eigenvalue weighted by atomic mass is 32.3. The van der Waals surface area contributed by atoms with Gasteiger partial charge in [-0.25, -0.2) is 0 Å². The lowest BCUT2D eigenvalue weighted by molar-refractivity contribution is 0.0713. The van der Waals surface area contributed by atoms with Crippen molar-refractivity contribution in [2.24, 2.45) is 0 Å². The smallest absolute Gasteiger partial charge is 0.390 e. The molecule has 1 aromatic carbocycles. The minimum absolute atomic E-state index is 0.214. The van der Waals surface area contributed by atoms with Crippen LogP contribution in [0.5, 0.6) is 11.5 Å². The molecule has 0 saturated heterocycles. The first-order valence-electron chi connectivity index (χ1n) is 5.67. The molecule has 1 aromatic rings. The van der Waals surface area contributed by atoms with Crippen molar-refractivity contribution in [3.8, 4) is 11.5 Å². The van der Waals surface area contributed by atoms with E-state index < -0.39 is 16.0 Å². The first-order valence-corrected chi connectivity index (χ1v) is 7.00. The summed E-state index contributed by atoms with van der Waals surface area (Å²) in [6.45, 7) is 5.29. The molecular formula is C12H16O5S. The molecule has 0 unspecified atom stereocenters. The highest BCUT2D eigenvalue weighted by molar-refractivity contribution is 7.82. The SMILES string of the molecule is Cc1ccc2c(c1CCC(C)(C)O)OS(=O)(=O)O2. The van der Waals surface area contributed by atoms with Crippen LogP contribution in [-0.4, -0.2) is 19.1 Å². The van der Waals surface area contributed by atoms with Gasteiger partial charge in [0.15, 0.2) is 11.5 Å². The third-order valence-corrected chi connectivity index (χ3v) is 3.58. The molecule has 0 saturated carbocycles. The maximum Gasteiger partial charge on any atom is 0.501 e. The van der Waals surface area contributed by atoms with E-state index in [4.69, 9.17) is 8.37 Å². The summed E-state index contributed by atoms with van der Waals surface area (Å²) in [6, 6.07) is 3.35. The second-order valence-electron chi connectivity index (χ2n) is 5.08. The van der Waals surface area contributed by atoms with Crippen molar-refractivity contribution >= 4 is 10.4 Å². The minimum Gasteiger partial charge on any atom is -0.390 e. The maximum absolute atomic E-state index is 11.3. The van der Waals surface area contributed by atoms with Crippen LogP contribution in [0.1, 0.15) is 31.4 Å². The highest BCUT2D eigenvalue weighted by Gasteiger charge is 2.31. The molecule has 2 rings (SSSR count). The second-order valence-corrected chi connectivity index (χ2v) is 6.23. The Morgan fingerprint density at radius 3 is 2.56 bits per heavy atom. The highest BCUT2D eigenvalue weighted by Crippen LogP contribution is 2.41. The van der Waals surface area contributed by atoms with Gasteiger partial charge in [0, 0.05) is 5.56 Å². The molecule has 0 atom stereocenters. The van der Waals surface area contributed by atoms with Crippen LogP contribution in [0.3, 0.4) is 0 Å². The lowest BCUT2D eigenvalue weighted by Gasteiger charge is -2.17. The van der Waals surface area contributed by atoms with Crippen molar-refractivity contribution in [3.63, 3.8) is 0 Å². The molecule has 6 heteroatoms. The van der Waals surface area contributed by atoms with Crippen molar-refractivity contribution in [2.45, 2.75) is 39.2 Å². The average Bonchev–Trinajstić information content (AvgIpc) is 2.49. The van der Waals surface area contributed by atoms with Gasteiger partial charge in [-0.1, -0.05) is 6.07 Å². The zero-order chi connectivity index (χ0) is 13.6. The van der Waals surface area contributed by atoms with E-state index >= 15 is 0 Å². The summed E-state index contributed by atoms with van der Waals surface area (Å²) in [7, 11) is -3.96. The first-order chi connectivity index (χ1) is 8.18. The van der Waals surface area contributed by atoms with Crippen LogP contribution < -0.4 is 8.37 Å². The van der Waals surface area contributed by atoms with Gasteiger partial charge >= 0.3 is 10.4 Å². The van der Waals surface area contributed by atoms with Gasteiger partial charge in [-0.2, -0.15) is 0 Å². The molecule has 1 heterocycles. The Balaban J connectivity index is 2.35. The Hall–Kier alpha value is -1.27. The van der Waals surface area contributed by atoms with E-state index in [-0.39, 0.29) is 11.5 Å². The van der Waals surface area contributed by atoms with Crippen LogP contribution in [0.25, 0.3) is 0 Å². The largest absolute Gasteiger partial charge is 0.501 e. The summed E-state index contributed by atoms with van der Waals surface area (Å²) in [5.41, 5.74) is 0.863. The lowest BCUT2D eigenvalue weighted by atomic mass is 9.95. The molecule has 1 N–H and O–H groups in total. The van der Waals surface area contributed by atoms with E-state index in [2.05, 4.69) is 0 Å². The molecule has 0 amide bonds. The van der Waals surface area contributed by atoms with E-state index in [1.807, 2.05) is 6.92 Å². The van der Waals surface area contributed by atoms with Crippen molar-refractivity contribution in [2.75, 3.05) is 0 Å². The Morgan fingerprint density at radius 1 is 1.28 bits per heavy atom. The third kappa shape index (κ3) is 2.76. The zero-order valence-electron chi connectivity index (χ0n) is 10.6. The number of hydrogen-bond acceptors (Lipinski definition) is 5. The summed E-state index contributed by atoms with van der Waals surface area (Å²) >= 11 is 0. The topological polar surface area (TPSA) is 72.8 Å². The van der Waals surface area contributed by atoms with Crippen molar-refractivity contribution < 1.29 is 21.9 Å². The zero-order valence-corrected chi connectivity index (χ0v) is 11.4. The van der Waals surface area contributed by atoms with Crippen LogP contribution in [0.2, 0.25) is 0 Å². The third-order valence-electron chi connectivity index (χ3n) is 2.82. The van der Waals surface area contributed by atoms with Gasteiger partial charge in [0.2, 0.25) is 0 Å². The van der Waals surface area contributed by atoms with Gasteiger partial charge in [0.1, 0.15) is 0 Å². The molecule has 0 aliphatic carbocycles. The van der Waals surface area contributed by atoms with Gasteiger partial charge in [0.25, 0.3) is 0 Å². The molecule has 1 aliphatic rings. The summed E-state index contributed by atoms with van der Waals surface area (Å²) < 4.78 is 32.1. The fraction of sp³-hybridized carbons (Fsp3) is 0.500. The minimum atomic E-state index is -3.96. The molecule has 1 aliphatic heterocycles. The molecule has 0 bridgehead atoms. The van der Waals surface area contributed by atoms with E-state index in [0.717, 1.165) is 11.1 Å². The van der Waals surface area contributed by atoms with Crippen molar-refractivity contribution in [1.29, 1.82) is 0 Å². The van der Waals surface area contributed by atoms with Crippen LogP contribution in [0, 0.1) is 6.92 Å². The molecule has 0 radical (unpaired) electrons. The Kier molecular flexibility index (Phi) is 3.03. The maximum atomic E-state index is 11.3. The van der Waals surface area contributed by atoms with Crippen LogP contribution >= 0.6 is 0 Å². The number of aliphatic hydroxyl groups is 1. The molecule has 0 fully saturated rings. The van der Waals surface area contributed by atoms with E-state index in [1.54, 1.807) is 26.0 Å². The first kappa shape index (κ1) is 13.2. The van der Waals surface area contributed by atoms with E-state index in [9.17, 15) is 13.5 Å². The van der Waals surface area contributed by atoms with Crippen LogP contribution in [0.4, 0.5) is 0 Å². The molecule has 0 aromatic heterocycles. The Morgan fingerprint density at radius 2 is 1.94 bits per heavy atom. The number of benzene rings is 1. The number of fused-ring (bicyclic) bond motifs is 1. The van der Waals surface area contributed by atoms with Gasteiger partial charge in [0.05, 0.1) is 5.60 Å². The van der Waals surface area contributed by atoms with Crippen molar-refractivity contribution in [3.05, 3.63) is 23.3 Å². The molecular weight excluding hydrogens is 256 g/mol. The van der Waals surface area contributed by atoms with Crippen LogP contribution in [-0.2, 0) is 16.8 Å². The second kappa shape index (κ2) is 4.13.